The molecule has 1 atom stereocenters. The van der Waals surface area contributed by atoms with E-state index in [1.807, 2.05) is 42.2 Å². The van der Waals surface area contributed by atoms with Crippen molar-refractivity contribution >= 4 is 5.91 Å². The van der Waals surface area contributed by atoms with Crippen LogP contribution in [0.2, 0.25) is 0 Å². The molecule has 0 spiro atoms. The molecule has 0 aliphatic rings. The number of nitriles is 1. The quantitative estimate of drug-likeness (QED) is 0.761. The molecule has 0 N–H and O–H groups in total. The third-order valence-electron chi connectivity index (χ3n) is 3.30. The second-order valence-electron chi connectivity index (χ2n) is 5.46. The van der Waals surface area contributed by atoms with Gasteiger partial charge in [0.15, 0.2) is 0 Å². The molecular formula is C17H24N2O. The van der Waals surface area contributed by atoms with Crippen LogP contribution >= 0.6 is 0 Å². The van der Waals surface area contributed by atoms with E-state index in [0.29, 0.717) is 25.4 Å². The lowest BCUT2D eigenvalue weighted by Crippen LogP contribution is -2.38. The fraction of sp³-hybridized carbons (Fsp3) is 0.529. The van der Waals surface area contributed by atoms with Crippen LogP contribution in [0.1, 0.15) is 45.1 Å². The molecule has 108 valence electrons. The zero-order valence-corrected chi connectivity index (χ0v) is 12.7. The van der Waals surface area contributed by atoms with E-state index in [1.165, 1.54) is 0 Å². The Morgan fingerprint density at radius 3 is 2.45 bits per heavy atom. The van der Waals surface area contributed by atoms with Crippen molar-refractivity contribution in [2.45, 2.75) is 39.5 Å². The molecule has 0 aliphatic heterocycles. The Morgan fingerprint density at radius 1 is 1.30 bits per heavy atom. The highest BCUT2D eigenvalue weighted by Crippen LogP contribution is 2.22. The maximum absolute atomic E-state index is 12.7. The standard InChI is InChI=1S/C17H24N2O/c1-4-16(15-9-6-5-7-10-15)17(20)19(12-8-11-18)13-14(2)3/h5-7,9-10,14,16H,4,8,12-13H2,1-3H3. The average molecular weight is 272 g/mol. The normalized spacial score (nSPS) is 11.9. The van der Waals surface area contributed by atoms with Gasteiger partial charge in [-0.2, -0.15) is 5.26 Å². The molecule has 20 heavy (non-hydrogen) atoms. The molecule has 1 rings (SSSR count). The number of rotatable bonds is 7. The summed E-state index contributed by atoms with van der Waals surface area (Å²) in [6, 6.07) is 12.0. The molecule has 0 saturated heterocycles. The summed E-state index contributed by atoms with van der Waals surface area (Å²) in [6.07, 6.45) is 1.17. The maximum Gasteiger partial charge on any atom is 0.230 e. The molecular weight excluding hydrogens is 248 g/mol. The van der Waals surface area contributed by atoms with E-state index < -0.39 is 0 Å². The van der Waals surface area contributed by atoms with Crippen molar-refractivity contribution in [1.29, 1.82) is 5.26 Å². The van der Waals surface area contributed by atoms with E-state index in [-0.39, 0.29) is 11.8 Å². The van der Waals surface area contributed by atoms with Gasteiger partial charge in [-0.05, 0) is 17.9 Å². The SMILES string of the molecule is CCC(C(=O)N(CCC#N)CC(C)C)c1ccccc1. The van der Waals surface area contributed by atoms with Crippen molar-refractivity contribution in [3.63, 3.8) is 0 Å². The van der Waals surface area contributed by atoms with E-state index >= 15 is 0 Å². The molecule has 0 saturated carbocycles. The highest BCUT2D eigenvalue weighted by atomic mass is 16.2. The minimum atomic E-state index is -0.103. The summed E-state index contributed by atoms with van der Waals surface area (Å²) < 4.78 is 0. The van der Waals surface area contributed by atoms with Gasteiger partial charge in [0, 0.05) is 13.1 Å². The third kappa shape index (κ3) is 4.70. The fourth-order valence-corrected chi connectivity index (χ4v) is 2.38. The highest BCUT2D eigenvalue weighted by molar-refractivity contribution is 5.83. The van der Waals surface area contributed by atoms with Gasteiger partial charge < -0.3 is 4.90 Å². The Kier molecular flexibility index (Phi) is 6.79. The largest absolute Gasteiger partial charge is 0.341 e. The van der Waals surface area contributed by atoms with Crippen LogP contribution in [0.5, 0.6) is 0 Å². The number of hydrogen-bond donors (Lipinski definition) is 0. The van der Waals surface area contributed by atoms with Gasteiger partial charge in [0.2, 0.25) is 5.91 Å². The predicted octanol–water partition coefficient (Wildman–Crippen LogP) is 3.58. The van der Waals surface area contributed by atoms with Crippen molar-refractivity contribution in [2.75, 3.05) is 13.1 Å². The molecule has 3 nitrogen and oxygen atoms in total. The molecule has 1 aromatic rings. The molecule has 1 aromatic carbocycles. The first-order valence-electron chi connectivity index (χ1n) is 7.30. The van der Waals surface area contributed by atoms with Crippen molar-refractivity contribution in [3.05, 3.63) is 35.9 Å². The van der Waals surface area contributed by atoms with Gasteiger partial charge >= 0.3 is 0 Å². The molecule has 0 aliphatic carbocycles. The van der Waals surface area contributed by atoms with Crippen LogP contribution in [-0.4, -0.2) is 23.9 Å². The summed E-state index contributed by atoms with van der Waals surface area (Å²) in [7, 11) is 0. The van der Waals surface area contributed by atoms with Gasteiger partial charge in [0.25, 0.3) is 0 Å². The van der Waals surface area contributed by atoms with Crippen molar-refractivity contribution in [3.8, 4) is 6.07 Å². The van der Waals surface area contributed by atoms with Crippen LogP contribution in [0.15, 0.2) is 30.3 Å². The van der Waals surface area contributed by atoms with Crippen molar-refractivity contribution in [1.82, 2.24) is 4.90 Å². The van der Waals surface area contributed by atoms with Crippen molar-refractivity contribution in [2.24, 2.45) is 5.92 Å². The summed E-state index contributed by atoms with van der Waals surface area (Å²) in [5.74, 6) is 0.446. The second kappa shape index (κ2) is 8.37. The van der Waals surface area contributed by atoms with E-state index in [0.717, 1.165) is 12.0 Å². The van der Waals surface area contributed by atoms with Gasteiger partial charge in [-0.3, -0.25) is 4.79 Å². The van der Waals surface area contributed by atoms with Gasteiger partial charge in [-0.1, -0.05) is 51.1 Å². The van der Waals surface area contributed by atoms with E-state index in [4.69, 9.17) is 5.26 Å². The van der Waals surface area contributed by atoms with Gasteiger partial charge in [-0.25, -0.2) is 0 Å². The number of hydrogen-bond acceptors (Lipinski definition) is 2. The van der Waals surface area contributed by atoms with Gasteiger partial charge in [0.05, 0.1) is 18.4 Å². The van der Waals surface area contributed by atoms with Gasteiger partial charge in [-0.15, -0.1) is 0 Å². The van der Waals surface area contributed by atoms with Crippen LogP contribution in [-0.2, 0) is 4.79 Å². The number of carbonyl (C=O) groups is 1. The zero-order valence-electron chi connectivity index (χ0n) is 12.7. The van der Waals surface area contributed by atoms with E-state index in [9.17, 15) is 4.79 Å². The third-order valence-corrected chi connectivity index (χ3v) is 3.30. The molecule has 0 aromatic heterocycles. The van der Waals surface area contributed by atoms with E-state index in [2.05, 4.69) is 19.9 Å². The maximum atomic E-state index is 12.7. The van der Waals surface area contributed by atoms with Crippen LogP contribution in [0.3, 0.4) is 0 Å². The number of benzene rings is 1. The Bertz CT molecular complexity index is 448. The molecule has 3 heteroatoms. The molecule has 0 fully saturated rings. The lowest BCUT2D eigenvalue weighted by atomic mass is 9.94. The zero-order chi connectivity index (χ0) is 15.0. The summed E-state index contributed by atoms with van der Waals surface area (Å²) in [5, 5.41) is 8.76. The average Bonchev–Trinajstić information content (AvgIpc) is 2.45. The number of nitrogens with zero attached hydrogens (tertiary/aromatic N) is 2. The Morgan fingerprint density at radius 2 is 1.95 bits per heavy atom. The fourth-order valence-electron chi connectivity index (χ4n) is 2.38. The number of amides is 1. The molecule has 1 unspecified atom stereocenters. The summed E-state index contributed by atoms with van der Waals surface area (Å²) in [4.78, 5) is 14.6. The topological polar surface area (TPSA) is 44.1 Å². The second-order valence-corrected chi connectivity index (χ2v) is 5.46. The van der Waals surface area contributed by atoms with Crippen LogP contribution in [0.25, 0.3) is 0 Å². The highest BCUT2D eigenvalue weighted by Gasteiger charge is 2.24. The molecule has 1 amide bonds. The first kappa shape index (κ1) is 16.2. The lowest BCUT2D eigenvalue weighted by Gasteiger charge is -2.28. The molecule has 0 bridgehead atoms. The Hall–Kier alpha value is -1.82. The number of carbonyl (C=O) groups excluding carboxylic acids is 1. The monoisotopic (exact) mass is 272 g/mol. The van der Waals surface area contributed by atoms with Gasteiger partial charge in [0.1, 0.15) is 0 Å². The molecule has 0 radical (unpaired) electrons. The summed E-state index contributed by atoms with van der Waals surface area (Å²) >= 11 is 0. The minimum Gasteiger partial charge on any atom is -0.341 e. The molecule has 0 heterocycles. The Labute approximate surface area is 122 Å². The van der Waals surface area contributed by atoms with Crippen LogP contribution < -0.4 is 0 Å². The smallest absolute Gasteiger partial charge is 0.230 e. The minimum absolute atomic E-state index is 0.103. The van der Waals surface area contributed by atoms with Crippen LogP contribution in [0, 0.1) is 17.2 Å². The predicted molar refractivity (Wildman–Crippen MR) is 81.1 cm³/mol. The first-order chi connectivity index (χ1) is 9.60. The Balaban J connectivity index is 2.88. The van der Waals surface area contributed by atoms with Crippen molar-refractivity contribution < 1.29 is 4.79 Å². The lowest BCUT2D eigenvalue weighted by molar-refractivity contribution is -0.133. The summed E-state index contributed by atoms with van der Waals surface area (Å²) in [5.41, 5.74) is 1.06. The van der Waals surface area contributed by atoms with E-state index in [1.54, 1.807) is 0 Å². The first-order valence-corrected chi connectivity index (χ1v) is 7.30. The summed E-state index contributed by atoms with van der Waals surface area (Å²) in [6.45, 7) is 7.46. The van der Waals surface area contributed by atoms with Crippen LogP contribution in [0.4, 0.5) is 0 Å².